The molecule has 26 heavy (non-hydrogen) atoms. The van der Waals surface area contributed by atoms with Crippen molar-refractivity contribution in [2.75, 3.05) is 20.4 Å². The monoisotopic (exact) mass is 371 g/mol. The smallest absolute Gasteiger partial charge is 0.414 e. The minimum absolute atomic E-state index is 0.110. The van der Waals surface area contributed by atoms with Crippen molar-refractivity contribution in [3.63, 3.8) is 0 Å². The van der Waals surface area contributed by atoms with E-state index in [0.717, 1.165) is 23.3 Å². The summed E-state index contributed by atoms with van der Waals surface area (Å²) >= 11 is 1.70. The summed E-state index contributed by atoms with van der Waals surface area (Å²) in [6.45, 7) is 5.96. The van der Waals surface area contributed by atoms with E-state index in [-0.39, 0.29) is 6.10 Å². The van der Waals surface area contributed by atoms with Gasteiger partial charge in [-0.15, -0.1) is 11.8 Å². The highest BCUT2D eigenvalue weighted by Crippen LogP contribution is 2.31. The van der Waals surface area contributed by atoms with Crippen LogP contribution in [0, 0.1) is 0 Å². The lowest BCUT2D eigenvalue weighted by molar-refractivity contribution is 0.172. The first-order valence-electron chi connectivity index (χ1n) is 8.44. The fourth-order valence-electron chi connectivity index (χ4n) is 2.46. The molecule has 5 heteroatoms. The highest BCUT2D eigenvalue weighted by molar-refractivity contribution is 7.98. The minimum Gasteiger partial charge on any atom is -0.486 e. The van der Waals surface area contributed by atoms with Crippen LogP contribution in [0.25, 0.3) is 6.08 Å². The summed E-state index contributed by atoms with van der Waals surface area (Å²) in [6, 6.07) is 13.6. The number of ether oxygens (including phenoxy) is 2. The van der Waals surface area contributed by atoms with E-state index >= 15 is 0 Å². The average molecular weight is 372 g/mol. The number of hydrogen-bond donors (Lipinski definition) is 0. The number of hydrogen-bond acceptors (Lipinski definition) is 4. The van der Waals surface area contributed by atoms with Crippen molar-refractivity contribution < 1.29 is 14.3 Å². The van der Waals surface area contributed by atoms with Crippen LogP contribution >= 0.6 is 11.8 Å². The number of thioether (sulfide) groups is 1. The molecule has 1 atom stereocenters. The SMILES string of the molecule is C=Cc1cc(OC(=O)N(C)C)ccc1C(CC)Oc1ccc(SC)cc1. The maximum atomic E-state index is 11.7. The van der Waals surface area contributed by atoms with Gasteiger partial charge in [-0.2, -0.15) is 0 Å². The van der Waals surface area contributed by atoms with Gasteiger partial charge >= 0.3 is 6.09 Å². The summed E-state index contributed by atoms with van der Waals surface area (Å²) < 4.78 is 11.5. The zero-order valence-corrected chi connectivity index (χ0v) is 16.5. The summed E-state index contributed by atoms with van der Waals surface area (Å²) in [5, 5.41) is 0. The largest absolute Gasteiger partial charge is 0.486 e. The lowest BCUT2D eigenvalue weighted by atomic mass is 10.00. The molecule has 0 aliphatic rings. The number of nitrogens with zero attached hydrogens (tertiary/aromatic N) is 1. The molecular formula is C21H25NO3S. The molecule has 2 aromatic rings. The first-order valence-corrected chi connectivity index (χ1v) is 9.67. The average Bonchev–Trinajstić information content (AvgIpc) is 2.66. The summed E-state index contributed by atoms with van der Waals surface area (Å²) in [6.07, 6.45) is 4.09. The Kier molecular flexibility index (Phi) is 7.16. The van der Waals surface area contributed by atoms with Gasteiger partial charge in [-0.05, 0) is 60.2 Å². The lowest BCUT2D eigenvalue weighted by Gasteiger charge is -2.21. The van der Waals surface area contributed by atoms with Gasteiger partial charge in [0.1, 0.15) is 17.6 Å². The Labute approximate surface area is 159 Å². The third kappa shape index (κ3) is 5.05. The molecule has 0 fully saturated rings. The van der Waals surface area contributed by atoms with Gasteiger partial charge in [0.15, 0.2) is 0 Å². The molecule has 2 rings (SSSR count). The third-order valence-corrected chi connectivity index (χ3v) is 4.65. The Morgan fingerprint density at radius 1 is 1.19 bits per heavy atom. The van der Waals surface area contributed by atoms with E-state index < -0.39 is 6.09 Å². The summed E-state index contributed by atoms with van der Waals surface area (Å²) in [4.78, 5) is 14.3. The van der Waals surface area contributed by atoms with Gasteiger partial charge in [0.05, 0.1) is 0 Å². The summed E-state index contributed by atoms with van der Waals surface area (Å²) in [5.41, 5.74) is 1.91. The second-order valence-electron chi connectivity index (χ2n) is 5.95. The van der Waals surface area contributed by atoms with Gasteiger partial charge in [0.25, 0.3) is 0 Å². The van der Waals surface area contributed by atoms with Crippen LogP contribution in [0.15, 0.2) is 53.9 Å². The van der Waals surface area contributed by atoms with Crippen LogP contribution in [0.1, 0.15) is 30.6 Å². The number of rotatable bonds is 7. The zero-order chi connectivity index (χ0) is 19.1. The molecule has 0 aliphatic heterocycles. The topological polar surface area (TPSA) is 38.8 Å². The van der Waals surface area contributed by atoms with E-state index in [9.17, 15) is 4.79 Å². The molecule has 138 valence electrons. The molecule has 0 radical (unpaired) electrons. The summed E-state index contributed by atoms with van der Waals surface area (Å²) in [7, 11) is 3.29. The lowest BCUT2D eigenvalue weighted by Crippen LogP contribution is -2.25. The Hall–Kier alpha value is -2.40. The predicted molar refractivity (Wildman–Crippen MR) is 108 cm³/mol. The van der Waals surface area contributed by atoms with E-state index in [1.807, 2.05) is 42.7 Å². The molecule has 0 spiro atoms. The number of benzene rings is 2. The van der Waals surface area contributed by atoms with Crippen molar-refractivity contribution in [3.05, 3.63) is 60.2 Å². The molecule has 0 saturated carbocycles. The van der Waals surface area contributed by atoms with E-state index in [4.69, 9.17) is 9.47 Å². The number of carbonyl (C=O) groups excluding carboxylic acids is 1. The van der Waals surface area contributed by atoms with Crippen molar-refractivity contribution in [2.45, 2.75) is 24.3 Å². The first kappa shape index (κ1) is 19.9. The van der Waals surface area contributed by atoms with Crippen LogP contribution in [-0.2, 0) is 0 Å². The standard InChI is InChI=1S/C21H25NO3S/c1-6-15-14-17(25-21(23)22(3)4)10-13-19(15)20(7-2)24-16-8-11-18(26-5)12-9-16/h6,8-14,20H,1,7H2,2-5H3. The van der Waals surface area contributed by atoms with E-state index in [0.29, 0.717) is 5.75 Å². The Morgan fingerprint density at radius 2 is 1.85 bits per heavy atom. The molecule has 2 aromatic carbocycles. The minimum atomic E-state index is -0.412. The Morgan fingerprint density at radius 3 is 2.38 bits per heavy atom. The van der Waals surface area contributed by atoms with E-state index in [2.05, 4.69) is 13.5 Å². The Balaban J connectivity index is 2.22. The molecule has 4 nitrogen and oxygen atoms in total. The quantitative estimate of drug-likeness (QED) is 0.590. The van der Waals surface area contributed by atoms with Crippen molar-refractivity contribution in [1.29, 1.82) is 0 Å². The van der Waals surface area contributed by atoms with Gasteiger partial charge in [-0.25, -0.2) is 4.79 Å². The van der Waals surface area contributed by atoms with Crippen LogP contribution in [0.4, 0.5) is 4.79 Å². The van der Waals surface area contributed by atoms with Crippen LogP contribution < -0.4 is 9.47 Å². The third-order valence-electron chi connectivity index (χ3n) is 3.90. The second kappa shape index (κ2) is 9.34. The Bertz CT molecular complexity index is 756. The molecule has 1 amide bonds. The molecule has 0 N–H and O–H groups in total. The van der Waals surface area contributed by atoms with Gasteiger partial charge < -0.3 is 14.4 Å². The van der Waals surface area contributed by atoms with Crippen LogP contribution in [0.5, 0.6) is 11.5 Å². The first-order chi connectivity index (χ1) is 12.5. The molecule has 1 unspecified atom stereocenters. The predicted octanol–water partition coefficient (Wildman–Crippen LogP) is 5.64. The van der Waals surface area contributed by atoms with Gasteiger partial charge in [-0.3, -0.25) is 0 Å². The molecule has 0 aromatic heterocycles. The van der Waals surface area contributed by atoms with Crippen LogP contribution in [-0.4, -0.2) is 31.3 Å². The van der Waals surface area contributed by atoms with Crippen molar-refractivity contribution in [2.24, 2.45) is 0 Å². The molecular weight excluding hydrogens is 346 g/mol. The van der Waals surface area contributed by atoms with Gasteiger partial charge in [-0.1, -0.05) is 25.6 Å². The van der Waals surface area contributed by atoms with E-state index in [1.54, 1.807) is 38.0 Å². The second-order valence-corrected chi connectivity index (χ2v) is 6.83. The number of carbonyl (C=O) groups is 1. The van der Waals surface area contributed by atoms with Crippen molar-refractivity contribution >= 4 is 23.9 Å². The normalized spacial score (nSPS) is 11.5. The maximum Gasteiger partial charge on any atom is 0.414 e. The highest BCUT2D eigenvalue weighted by atomic mass is 32.2. The molecule has 0 aliphatic carbocycles. The van der Waals surface area contributed by atoms with Gasteiger partial charge in [0, 0.05) is 19.0 Å². The molecule has 0 heterocycles. The van der Waals surface area contributed by atoms with Crippen molar-refractivity contribution in [1.82, 2.24) is 4.90 Å². The summed E-state index contributed by atoms with van der Waals surface area (Å²) in [5.74, 6) is 1.31. The van der Waals surface area contributed by atoms with Crippen molar-refractivity contribution in [3.8, 4) is 11.5 Å². The highest BCUT2D eigenvalue weighted by Gasteiger charge is 2.16. The molecule has 0 bridgehead atoms. The maximum absolute atomic E-state index is 11.7. The molecule has 0 saturated heterocycles. The van der Waals surface area contributed by atoms with Crippen LogP contribution in [0.2, 0.25) is 0 Å². The van der Waals surface area contributed by atoms with Crippen LogP contribution in [0.3, 0.4) is 0 Å². The fourth-order valence-corrected chi connectivity index (χ4v) is 2.87. The number of amides is 1. The zero-order valence-electron chi connectivity index (χ0n) is 15.7. The fraction of sp³-hybridized carbons (Fsp3) is 0.286. The van der Waals surface area contributed by atoms with E-state index in [1.165, 1.54) is 9.80 Å². The van der Waals surface area contributed by atoms with Gasteiger partial charge in [0.2, 0.25) is 0 Å².